The van der Waals surface area contributed by atoms with Crippen LogP contribution in [0.1, 0.15) is 65.7 Å². The van der Waals surface area contributed by atoms with Crippen LogP contribution in [0.2, 0.25) is 0 Å². The van der Waals surface area contributed by atoms with E-state index < -0.39 is 42.2 Å². The monoisotopic (exact) mass is 423 g/mol. The van der Waals surface area contributed by atoms with Crippen molar-refractivity contribution in [1.29, 1.82) is 0 Å². The number of nitrogens with one attached hydrogen (secondary N) is 3. The summed E-state index contributed by atoms with van der Waals surface area (Å²) < 4.78 is 0. The molecule has 0 aromatic heterocycles. The van der Waals surface area contributed by atoms with Gasteiger partial charge in [0.05, 0.1) is 12.5 Å². The average Bonchev–Trinajstić information content (AvgIpc) is 2.63. The molecule has 2 rings (SSSR count). The number of aldehydes is 1. The molecule has 9 nitrogen and oxygen atoms in total. The maximum atomic E-state index is 12.6. The minimum atomic E-state index is -1.23. The molecule has 4 N–H and O–H groups in total. The van der Waals surface area contributed by atoms with Gasteiger partial charge in [-0.3, -0.25) is 19.2 Å². The van der Waals surface area contributed by atoms with Crippen LogP contribution >= 0.6 is 0 Å². The van der Waals surface area contributed by atoms with Crippen molar-refractivity contribution >= 4 is 30.0 Å². The van der Waals surface area contributed by atoms with Crippen molar-refractivity contribution in [2.45, 2.75) is 83.3 Å². The number of rotatable bonds is 8. The zero-order valence-corrected chi connectivity index (χ0v) is 17.9. The number of carbonyl (C=O) groups is 5. The predicted molar refractivity (Wildman–Crippen MR) is 108 cm³/mol. The molecule has 2 unspecified atom stereocenters. The average molecular weight is 424 g/mol. The molecule has 0 heterocycles. The van der Waals surface area contributed by atoms with E-state index in [9.17, 15) is 24.0 Å². The van der Waals surface area contributed by atoms with Gasteiger partial charge in [0.25, 0.3) is 0 Å². The predicted octanol–water partition coefficient (Wildman–Crippen LogP) is 0.761. The van der Waals surface area contributed by atoms with Crippen LogP contribution in [0.25, 0.3) is 0 Å². The molecule has 2 bridgehead atoms. The lowest BCUT2D eigenvalue weighted by molar-refractivity contribution is -0.143. The third-order valence-corrected chi connectivity index (χ3v) is 6.13. The first-order valence-electron chi connectivity index (χ1n) is 10.7. The Labute approximate surface area is 176 Å². The molecule has 0 aliphatic heterocycles. The molecule has 5 atom stereocenters. The van der Waals surface area contributed by atoms with Gasteiger partial charge in [0.1, 0.15) is 12.3 Å². The largest absolute Gasteiger partial charge is 0.481 e. The van der Waals surface area contributed by atoms with Gasteiger partial charge in [-0.15, -0.1) is 0 Å². The van der Waals surface area contributed by atoms with Crippen LogP contribution < -0.4 is 16.0 Å². The van der Waals surface area contributed by atoms with Gasteiger partial charge in [0.2, 0.25) is 5.91 Å². The zero-order valence-electron chi connectivity index (χ0n) is 17.9. The molecule has 0 spiro atoms. The van der Waals surface area contributed by atoms with E-state index in [0.717, 1.165) is 38.5 Å². The van der Waals surface area contributed by atoms with E-state index in [1.807, 2.05) is 0 Å². The number of aliphatic carboxylic acids is 1. The first-order valence-corrected chi connectivity index (χ1v) is 10.7. The second kappa shape index (κ2) is 10.0. The van der Waals surface area contributed by atoms with Crippen LogP contribution in [-0.2, 0) is 24.0 Å². The van der Waals surface area contributed by atoms with E-state index in [-0.39, 0.29) is 11.5 Å². The Hall–Kier alpha value is -2.45. The van der Waals surface area contributed by atoms with E-state index >= 15 is 0 Å². The Bertz CT molecular complexity index is 690. The van der Waals surface area contributed by atoms with Gasteiger partial charge >= 0.3 is 17.8 Å². The zero-order chi connectivity index (χ0) is 22.5. The summed E-state index contributed by atoms with van der Waals surface area (Å²) in [6.45, 7) is 5.53. The fourth-order valence-corrected chi connectivity index (χ4v) is 4.99. The van der Waals surface area contributed by atoms with E-state index in [2.05, 4.69) is 22.9 Å². The van der Waals surface area contributed by atoms with Crippen LogP contribution in [0.4, 0.5) is 0 Å². The molecule has 30 heavy (non-hydrogen) atoms. The van der Waals surface area contributed by atoms with Crippen LogP contribution in [-0.4, -0.2) is 52.7 Å². The lowest BCUT2D eigenvalue weighted by atomic mass is 9.64. The number of hydrogen-bond acceptors (Lipinski definition) is 5. The van der Waals surface area contributed by atoms with Gasteiger partial charge in [-0.05, 0) is 43.4 Å². The first kappa shape index (κ1) is 23.8. The number of carboxylic acids is 1. The molecule has 2 fully saturated rings. The smallest absolute Gasteiger partial charge is 0.309 e. The Kier molecular flexibility index (Phi) is 7.97. The summed E-state index contributed by atoms with van der Waals surface area (Å²) in [5.74, 6) is -2.92. The summed E-state index contributed by atoms with van der Waals surface area (Å²) in [6.07, 6.45) is 5.65. The Morgan fingerprint density at radius 2 is 1.83 bits per heavy atom. The second-order valence-electron chi connectivity index (χ2n) is 9.29. The summed E-state index contributed by atoms with van der Waals surface area (Å²) >= 11 is 0. The molecule has 0 saturated heterocycles. The van der Waals surface area contributed by atoms with Crippen molar-refractivity contribution in [3.05, 3.63) is 0 Å². The molecular formula is C21H33N3O6. The summed E-state index contributed by atoms with van der Waals surface area (Å²) in [5, 5.41) is 16.5. The van der Waals surface area contributed by atoms with Crippen molar-refractivity contribution in [3.8, 4) is 0 Å². The molecule has 2 aliphatic rings. The van der Waals surface area contributed by atoms with Crippen molar-refractivity contribution in [2.75, 3.05) is 0 Å². The van der Waals surface area contributed by atoms with Crippen LogP contribution in [0.15, 0.2) is 0 Å². The molecule has 2 saturated carbocycles. The highest BCUT2D eigenvalue weighted by molar-refractivity contribution is 6.35. The van der Waals surface area contributed by atoms with Crippen molar-refractivity contribution < 1.29 is 29.1 Å². The first-order chi connectivity index (χ1) is 14.0. The van der Waals surface area contributed by atoms with E-state index in [1.165, 1.54) is 0 Å². The van der Waals surface area contributed by atoms with Gasteiger partial charge in [0.15, 0.2) is 0 Å². The maximum Gasteiger partial charge on any atom is 0.309 e. The molecular weight excluding hydrogens is 390 g/mol. The van der Waals surface area contributed by atoms with Gasteiger partial charge in [0, 0.05) is 5.54 Å². The lowest BCUT2D eigenvalue weighted by Gasteiger charge is -2.48. The molecule has 2 aliphatic carbocycles. The van der Waals surface area contributed by atoms with Crippen molar-refractivity contribution in [2.24, 2.45) is 17.8 Å². The van der Waals surface area contributed by atoms with E-state index in [4.69, 9.17) is 5.11 Å². The molecule has 168 valence electrons. The number of fused-ring (bicyclic) bond motifs is 2. The number of carbonyl (C=O) groups excluding carboxylic acids is 4. The molecule has 3 amide bonds. The van der Waals surface area contributed by atoms with Gasteiger partial charge in [-0.1, -0.05) is 33.6 Å². The third-order valence-electron chi connectivity index (χ3n) is 6.13. The molecule has 0 radical (unpaired) electrons. The highest BCUT2D eigenvalue weighted by atomic mass is 16.4. The van der Waals surface area contributed by atoms with E-state index in [0.29, 0.717) is 18.1 Å². The fraction of sp³-hybridized carbons (Fsp3) is 0.762. The van der Waals surface area contributed by atoms with E-state index in [1.54, 1.807) is 13.8 Å². The minimum Gasteiger partial charge on any atom is -0.481 e. The number of amides is 3. The minimum absolute atomic E-state index is 0.334. The topological polar surface area (TPSA) is 142 Å². The van der Waals surface area contributed by atoms with Gasteiger partial charge < -0.3 is 25.9 Å². The van der Waals surface area contributed by atoms with Crippen molar-refractivity contribution in [3.63, 3.8) is 0 Å². The summed E-state index contributed by atoms with van der Waals surface area (Å²) in [5.41, 5.74) is -0.366. The highest BCUT2D eigenvalue weighted by Gasteiger charge is 2.43. The SMILES string of the molecule is CC1C[C@@H]2CCCC(NC(=O)C(=O)N[C@H](C(=O)N[C@H](C=O)CC(=O)O)C(C)C)(C1)C2. The Morgan fingerprint density at radius 1 is 1.13 bits per heavy atom. The Balaban J connectivity index is 2.00. The number of carboxylic acid groups (broad SMARTS) is 1. The second-order valence-corrected chi connectivity index (χ2v) is 9.29. The Morgan fingerprint density at radius 3 is 2.43 bits per heavy atom. The maximum absolute atomic E-state index is 12.6. The quantitative estimate of drug-likeness (QED) is 0.335. The van der Waals surface area contributed by atoms with Crippen molar-refractivity contribution in [1.82, 2.24) is 16.0 Å². The van der Waals surface area contributed by atoms with Gasteiger partial charge in [-0.25, -0.2) is 0 Å². The molecule has 9 heteroatoms. The summed E-state index contributed by atoms with van der Waals surface area (Å²) in [7, 11) is 0. The van der Waals surface area contributed by atoms with Gasteiger partial charge in [-0.2, -0.15) is 0 Å². The number of hydrogen-bond donors (Lipinski definition) is 4. The fourth-order valence-electron chi connectivity index (χ4n) is 4.99. The van der Waals surface area contributed by atoms with Crippen LogP contribution in [0.3, 0.4) is 0 Å². The lowest BCUT2D eigenvalue weighted by Crippen LogP contribution is -2.60. The van der Waals surface area contributed by atoms with Crippen LogP contribution in [0.5, 0.6) is 0 Å². The standard InChI is InChI=1S/C21H33N3O6/c1-12(2)17(18(28)22-15(11-25)8-16(26)27)23-19(29)20(30)24-21-6-4-5-14(10-21)7-13(3)9-21/h11-15,17H,4-10H2,1-3H3,(H,22,28)(H,23,29)(H,24,30)(H,26,27)/t13?,14-,15-,17-,21?/m0/s1. The molecule has 0 aromatic carbocycles. The normalized spacial score (nSPS) is 27.5. The van der Waals surface area contributed by atoms with Crippen LogP contribution in [0, 0.1) is 17.8 Å². The highest BCUT2D eigenvalue weighted by Crippen LogP contribution is 2.45. The summed E-state index contributed by atoms with van der Waals surface area (Å²) in [4.78, 5) is 59.5. The summed E-state index contributed by atoms with van der Waals surface area (Å²) in [6, 6.07) is -2.27. The third kappa shape index (κ3) is 6.27. The molecule has 0 aromatic rings.